The zero-order valence-electron chi connectivity index (χ0n) is 11.9. The van der Waals surface area contributed by atoms with E-state index in [0.717, 1.165) is 24.2 Å². The number of aromatic amines is 1. The summed E-state index contributed by atoms with van der Waals surface area (Å²) < 4.78 is 4.99. The highest BCUT2D eigenvalue weighted by molar-refractivity contribution is 5.72. The zero-order valence-corrected chi connectivity index (χ0v) is 11.9. The first kappa shape index (κ1) is 13.8. The summed E-state index contributed by atoms with van der Waals surface area (Å²) in [6.07, 6.45) is 0. The van der Waals surface area contributed by atoms with Gasteiger partial charge in [-0.15, -0.1) is 0 Å². The quantitative estimate of drug-likeness (QED) is 0.859. The average Bonchev–Trinajstić information content (AvgIpc) is 2.67. The maximum atomic E-state index is 11.1. The van der Waals surface area contributed by atoms with Crippen LogP contribution >= 0.6 is 0 Å². The molecule has 0 bridgehead atoms. The lowest BCUT2D eigenvalue weighted by Gasteiger charge is -2.30. The van der Waals surface area contributed by atoms with Gasteiger partial charge in [0.15, 0.2) is 5.58 Å². The van der Waals surface area contributed by atoms with E-state index in [9.17, 15) is 4.79 Å². The van der Waals surface area contributed by atoms with Crippen LogP contribution in [0.25, 0.3) is 11.1 Å². The van der Waals surface area contributed by atoms with Gasteiger partial charge in [-0.25, -0.2) is 4.79 Å². The molecule has 1 heterocycles. The predicted octanol–water partition coefficient (Wildman–Crippen LogP) is 1.55. The minimum absolute atomic E-state index is 0.0722. The van der Waals surface area contributed by atoms with Crippen LogP contribution in [0.1, 0.15) is 19.4 Å². The summed E-state index contributed by atoms with van der Waals surface area (Å²) in [6.45, 7) is 6.10. The summed E-state index contributed by atoms with van der Waals surface area (Å²) in [5.74, 6) is -0.406. The fourth-order valence-electron chi connectivity index (χ4n) is 2.22. The Morgan fingerprint density at radius 2 is 2.16 bits per heavy atom. The van der Waals surface area contributed by atoms with Crippen molar-refractivity contribution in [3.8, 4) is 0 Å². The van der Waals surface area contributed by atoms with Gasteiger partial charge in [0, 0.05) is 18.6 Å². The van der Waals surface area contributed by atoms with E-state index in [1.54, 1.807) is 0 Å². The van der Waals surface area contributed by atoms with E-state index in [1.165, 1.54) is 0 Å². The molecule has 0 aliphatic rings. The molecule has 2 N–H and O–H groups in total. The van der Waals surface area contributed by atoms with Crippen LogP contribution in [0, 0.1) is 0 Å². The zero-order chi connectivity index (χ0) is 14.0. The maximum Gasteiger partial charge on any atom is 0.417 e. The van der Waals surface area contributed by atoms with E-state index in [1.807, 2.05) is 25.2 Å². The van der Waals surface area contributed by atoms with Gasteiger partial charge in [0.05, 0.1) is 5.52 Å². The van der Waals surface area contributed by atoms with Gasteiger partial charge in [0.2, 0.25) is 0 Å². The molecular formula is C14H21N3O2. The highest BCUT2D eigenvalue weighted by Gasteiger charge is 2.17. The van der Waals surface area contributed by atoms with E-state index in [-0.39, 0.29) is 5.54 Å². The minimum Gasteiger partial charge on any atom is -0.408 e. The number of oxazole rings is 1. The minimum atomic E-state index is -0.406. The monoisotopic (exact) mass is 263 g/mol. The highest BCUT2D eigenvalue weighted by Crippen LogP contribution is 2.14. The van der Waals surface area contributed by atoms with Crippen LogP contribution in [0.3, 0.4) is 0 Å². The molecule has 0 saturated heterocycles. The molecular weight excluding hydrogens is 242 g/mol. The molecule has 0 unspecified atom stereocenters. The van der Waals surface area contributed by atoms with Crippen molar-refractivity contribution in [3.63, 3.8) is 0 Å². The number of benzene rings is 1. The lowest BCUT2D eigenvalue weighted by Crippen LogP contribution is -2.46. The Morgan fingerprint density at radius 3 is 2.84 bits per heavy atom. The molecule has 19 heavy (non-hydrogen) atoms. The second-order valence-electron chi connectivity index (χ2n) is 5.65. The topological polar surface area (TPSA) is 61.3 Å². The van der Waals surface area contributed by atoms with E-state index >= 15 is 0 Å². The van der Waals surface area contributed by atoms with Gasteiger partial charge in [-0.05, 0) is 45.6 Å². The van der Waals surface area contributed by atoms with Crippen molar-refractivity contribution in [3.05, 3.63) is 34.3 Å². The third-order valence-electron chi connectivity index (χ3n) is 3.28. The highest BCUT2D eigenvalue weighted by atomic mass is 16.4. The number of rotatable bonds is 5. The predicted molar refractivity (Wildman–Crippen MR) is 76.3 cm³/mol. The van der Waals surface area contributed by atoms with Gasteiger partial charge >= 0.3 is 5.76 Å². The molecule has 0 aliphatic carbocycles. The summed E-state index contributed by atoms with van der Waals surface area (Å²) in [7, 11) is 4.05. The van der Waals surface area contributed by atoms with Crippen LogP contribution in [0.5, 0.6) is 0 Å². The van der Waals surface area contributed by atoms with Gasteiger partial charge in [0.1, 0.15) is 0 Å². The lowest BCUT2D eigenvalue weighted by atomic mass is 10.1. The fraction of sp³-hybridized carbons (Fsp3) is 0.500. The molecule has 0 saturated carbocycles. The van der Waals surface area contributed by atoms with Crippen LogP contribution in [0.4, 0.5) is 0 Å². The first-order valence-electron chi connectivity index (χ1n) is 6.39. The average molecular weight is 263 g/mol. The molecule has 0 atom stereocenters. The van der Waals surface area contributed by atoms with Crippen LogP contribution < -0.4 is 11.1 Å². The van der Waals surface area contributed by atoms with Gasteiger partial charge in [-0.2, -0.15) is 0 Å². The number of aromatic nitrogens is 1. The Balaban J connectivity index is 2.10. The second kappa shape index (κ2) is 5.19. The molecule has 0 amide bonds. The van der Waals surface area contributed by atoms with E-state index in [0.29, 0.717) is 5.58 Å². The summed E-state index contributed by atoms with van der Waals surface area (Å²) in [4.78, 5) is 16.0. The van der Waals surface area contributed by atoms with Crippen LogP contribution in [0.2, 0.25) is 0 Å². The number of nitrogens with one attached hydrogen (secondary N) is 2. The van der Waals surface area contributed by atoms with E-state index < -0.39 is 5.76 Å². The Bertz CT molecular complexity index is 612. The van der Waals surface area contributed by atoms with E-state index in [4.69, 9.17) is 4.42 Å². The van der Waals surface area contributed by atoms with Gasteiger partial charge in [-0.3, -0.25) is 4.98 Å². The maximum absolute atomic E-state index is 11.1. The first-order chi connectivity index (χ1) is 8.89. The molecule has 5 heteroatoms. The van der Waals surface area contributed by atoms with Crippen molar-refractivity contribution < 1.29 is 4.42 Å². The van der Waals surface area contributed by atoms with Crippen molar-refractivity contribution in [2.45, 2.75) is 25.9 Å². The fourth-order valence-corrected chi connectivity index (χ4v) is 2.22. The molecule has 0 spiro atoms. The Morgan fingerprint density at radius 1 is 1.42 bits per heavy atom. The second-order valence-corrected chi connectivity index (χ2v) is 5.65. The third-order valence-corrected chi connectivity index (χ3v) is 3.28. The first-order valence-corrected chi connectivity index (χ1v) is 6.39. The standard InChI is InChI=1S/C14H21N3O2/c1-14(2,15-3)9-17(4)8-10-5-6-12-11(7-10)16-13(18)19-12/h5-7,15H,8-9H2,1-4H3,(H,16,18). The van der Waals surface area contributed by atoms with Crippen LogP contribution in [-0.2, 0) is 6.54 Å². The van der Waals surface area contributed by atoms with Crippen molar-refractivity contribution in [1.29, 1.82) is 0 Å². The summed E-state index contributed by atoms with van der Waals surface area (Å²) in [6, 6.07) is 5.78. The van der Waals surface area contributed by atoms with Gasteiger partial charge in [0.25, 0.3) is 0 Å². The molecule has 0 aliphatic heterocycles. The third kappa shape index (κ3) is 3.45. The lowest BCUT2D eigenvalue weighted by molar-refractivity contribution is 0.238. The van der Waals surface area contributed by atoms with Gasteiger partial charge in [-0.1, -0.05) is 6.07 Å². The molecule has 1 aromatic carbocycles. The number of nitrogens with zero attached hydrogens (tertiary/aromatic N) is 1. The molecule has 0 radical (unpaired) electrons. The number of likely N-dealkylation sites (N-methyl/N-ethyl adjacent to an activating group) is 2. The smallest absolute Gasteiger partial charge is 0.408 e. The Kier molecular flexibility index (Phi) is 3.78. The molecule has 2 aromatic rings. The summed E-state index contributed by atoms with van der Waals surface area (Å²) in [5, 5.41) is 3.29. The van der Waals surface area contributed by atoms with Crippen molar-refractivity contribution in [1.82, 2.24) is 15.2 Å². The van der Waals surface area contributed by atoms with E-state index in [2.05, 4.69) is 36.1 Å². The van der Waals surface area contributed by atoms with Crippen molar-refractivity contribution in [2.24, 2.45) is 0 Å². The van der Waals surface area contributed by atoms with Crippen LogP contribution in [-0.4, -0.2) is 36.1 Å². The summed E-state index contributed by atoms with van der Waals surface area (Å²) >= 11 is 0. The van der Waals surface area contributed by atoms with Crippen molar-refractivity contribution in [2.75, 3.05) is 20.6 Å². The number of hydrogen-bond donors (Lipinski definition) is 2. The molecule has 104 valence electrons. The van der Waals surface area contributed by atoms with Crippen molar-refractivity contribution >= 4 is 11.1 Å². The molecule has 0 fully saturated rings. The number of hydrogen-bond acceptors (Lipinski definition) is 4. The Labute approximate surface area is 112 Å². The van der Waals surface area contributed by atoms with Crippen LogP contribution in [0.15, 0.2) is 27.4 Å². The SMILES string of the molecule is CNC(C)(C)CN(C)Cc1ccc2oc(=O)[nH]c2c1. The number of H-pyrrole nitrogens is 1. The molecule has 2 rings (SSSR count). The number of fused-ring (bicyclic) bond motifs is 1. The molecule has 5 nitrogen and oxygen atoms in total. The largest absolute Gasteiger partial charge is 0.417 e. The Hall–Kier alpha value is -1.59. The molecule has 1 aromatic heterocycles. The van der Waals surface area contributed by atoms with Gasteiger partial charge < -0.3 is 14.6 Å². The normalized spacial score (nSPS) is 12.5. The summed E-state index contributed by atoms with van der Waals surface area (Å²) in [5.41, 5.74) is 2.58.